The summed E-state index contributed by atoms with van der Waals surface area (Å²) in [6, 6.07) is 10.4. The van der Waals surface area contributed by atoms with E-state index < -0.39 is 0 Å². The maximum atomic E-state index is 5.54. The van der Waals surface area contributed by atoms with Crippen LogP contribution in [0.4, 0.5) is 0 Å². The van der Waals surface area contributed by atoms with Crippen molar-refractivity contribution in [1.29, 1.82) is 0 Å². The molecule has 2 rings (SSSR count). The number of benzene rings is 1. The van der Waals surface area contributed by atoms with Crippen molar-refractivity contribution >= 4 is 0 Å². The first-order valence-electron chi connectivity index (χ1n) is 5.47. The molecule has 0 amide bonds. The van der Waals surface area contributed by atoms with Gasteiger partial charge < -0.3 is 9.64 Å². The second-order valence-corrected chi connectivity index (χ2v) is 4.25. The molecular formula is C13H21NO. The van der Waals surface area contributed by atoms with Crippen LogP contribution >= 0.6 is 0 Å². The van der Waals surface area contributed by atoms with Crippen molar-refractivity contribution in [1.82, 2.24) is 4.90 Å². The minimum atomic E-state index is 0.371. The number of ether oxygens (including phenoxy) is 1. The lowest BCUT2D eigenvalue weighted by atomic mass is 10.1. The Morgan fingerprint density at radius 1 is 1.13 bits per heavy atom. The molecule has 1 atom stereocenters. The molecule has 1 aromatic carbocycles. The summed E-state index contributed by atoms with van der Waals surface area (Å²) in [5.41, 5.74) is 1.32. The Labute approximate surface area is 92.9 Å². The van der Waals surface area contributed by atoms with Crippen molar-refractivity contribution in [3.8, 4) is 0 Å². The molecule has 84 valence electrons. The summed E-state index contributed by atoms with van der Waals surface area (Å²) in [5.74, 6) is 0. The molecule has 1 aliphatic heterocycles. The smallest absolute Gasteiger partial charge is 0.0825 e. The highest BCUT2D eigenvalue weighted by Crippen LogP contribution is 2.27. The van der Waals surface area contributed by atoms with Crippen molar-refractivity contribution in [3.05, 3.63) is 35.9 Å². The summed E-state index contributed by atoms with van der Waals surface area (Å²) < 4.78 is 5.54. The molecule has 1 unspecified atom stereocenters. The monoisotopic (exact) mass is 207 g/mol. The summed E-state index contributed by atoms with van der Waals surface area (Å²) in [6.45, 7) is 0.930. The van der Waals surface area contributed by atoms with Crippen LogP contribution < -0.4 is 0 Å². The van der Waals surface area contributed by atoms with Crippen LogP contribution in [0.1, 0.15) is 24.5 Å². The molecule has 1 saturated heterocycles. The van der Waals surface area contributed by atoms with E-state index in [-0.39, 0.29) is 0 Å². The lowest BCUT2D eigenvalue weighted by Crippen LogP contribution is -1.99. The van der Waals surface area contributed by atoms with Crippen LogP contribution in [0, 0.1) is 0 Å². The Morgan fingerprint density at radius 3 is 2.20 bits per heavy atom. The molecule has 1 heterocycles. The highest BCUT2D eigenvalue weighted by molar-refractivity contribution is 5.17. The van der Waals surface area contributed by atoms with E-state index in [0.29, 0.717) is 6.10 Å². The van der Waals surface area contributed by atoms with Gasteiger partial charge in [-0.25, -0.2) is 0 Å². The molecule has 2 heteroatoms. The van der Waals surface area contributed by atoms with Crippen molar-refractivity contribution < 1.29 is 4.74 Å². The fraction of sp³-hybridized carbons (Fsp3) is 0.538. The lowest BCUT2D eigenvalue weighted by molar-refractivity contribution is 0.112. The molecule has 0 saturated carbocycles. The molecular weight excluding hydrogens is 186 g/mol. The fourth-order valence-corrected chi connectivity index (χ4v) is 1.51. The Morgan fingerprint density at radius 2 is 1.73 bits per heavy atom. The second kappa shape index (κ2) is 6.59. The van der Waals surface area contributed by atoms with Gasteiger partial charge in [0.15, 0.2) is 0 Å². The fourth-order valence-electron chi connectivity index (χ4n) is 1.51. The first-order chi connectivity index (χ1) is 7.20. The zero-order chi connectivity index (χ0) is 11.1. The number of hydrogen-bond acceptors (Lipinski definition) is 2. The zero-order valence-corrected chi connectivity index (χ0v) is 9.94. The van der Waals surface area contributed by atoms with Gasteiger partial charge in [0.1, 0.15) is 0 Å². The molecule has 1 aliphatic rings. The SMILES string of the molecule is CN(C)C.c1ccc(C2CCCO2)cc1. The van der Waals surface area contributed by atoms with Crippen molar-refractivity contribution in [2.45, 2.75) is 18.9 Å². The Bertz CT molecular complexity index is 250. The van der Waals surface area contributed by atoms with E-state index in [0.717, 1.165) is 6.61 Å². The van der Waals surface area contributed by atoms with Gasteiger partial charge in [0.05, 0.1) is 6.10 Å². The quantitative estimate of drug-likeness (QED) is 0.702. The average molecular weight is 207 g/mol. The van der Waals surface area contributed by atoms with Crippen LogP contribution in [0.5, 0.6) is 0 Å². The van der Waals surface area contributed by atoms with Crippen LogP contribution in [0.15, 0.2) is 30.3 Å². The van der Waals surface area contributed by atoms with E-state index in [4.69, 9.17) is 4.74 Å². The van der Waals surface area contributed by atoms with E-state index in [1.54, 1.807) is 0 Å². The standard InChI is InChI=1S/C10H12O.C3H9N/c1-2-5-9(6-3-1)10-7-4-8-11-10;1-4(2)3/h1-3,5-6,10H,4,7-8H2;1-3H3. The normalized spacial score (nSPS) is 19.9. The van der Waals surface area contributed by atoms with Crippen LogP contribution in [-0.4, -0.2) is 32.6 Å². The maximum Gasteiger partial charge on any atom is 0.0825 e. The Kier molecular flexibility index (Phi) is 5.37. The summed E-state index contributed by atoms with van der Waals surface area (Å²) in [7, 11) is 6.00. The molecule has 0 N–H and O–H groups in total. The zero-order valence-electron chi connectivity index (χ0n) is 9.94. The van der Waals surface area contributed by atoms with Crippen LogP contribution in [-0.2, 0) is 4.74 Å². The van der Waals surface area contributed by atoms with Crippen molar-refractivity contribution in [2.24, 2.45) is 0 Å². The molecule has 1 fully saturated rings. The Hall–Kier alpha value is -0.860. The first-order valence-corrected chi connectivity index (χ1v) is 5.47. The van der Waals surface area contributed by atoms with E-state index in [2.05, 4.69) is 24.3 Å². The molecule has 0 bridgehead atoms. The lowest BCUT2D eigenvalue weighted by Gasteiger charge is -2.07. The van der Waals surface area contributed by atoms with E-state index in [1.807, 2.05) is 32.1 Å². The van der Waals surface area contributed by atoms with Gasteiger partial charge in [-0.2, -0.15) is 0 Å². The van der Waals surface area contributed by atoms with Gasteiger partial charge in [0.2, 0.25) is 0 Å². The highest BCUT2D eigenvalue weighted by Gasteiger charge is 2.16. The second-order valence-electron chi connectivity index (χ2n) is 4.25. The minimum absolute atomic E-state index is 0.371. The molecule has 15 heavy (non-hydrogen) atoms. The third kappa shape index (κ3) is 4.96. The molecule has 2 nitrogen and oxygen atoms in total. The predicted molar refractivity (Wildman–Crippen MR) is 64.0 cm³/mol. The third-order valence-corrected chi connectivity index (χ3v) is 2.10. The largest absolute Gasteiger partial charge is 0.374 e. The number of hydrogen-bond donors (Lipinski definition) is 0. The molecule has 0 radical (unpaired) electrons. The third-order valence-electron chi connectivity index (χ3n) is 2.10. The van der Waals surface area contributed by atoms with Gasteiger partial charge in [-0.15, -0.1) is 0 Å². The highest BCUT2D eigenvalue weighted by atomic mass is 16.5. The molecule has 1 aromatic rings. The van der Waals surface area contributed by atoms with Crippen molar-refractivity contribution in [3.63, 3.8) is 0 Å². The first kappa shape index (κ1) is 12.2. The Balaban J connectivity index is 0.000000245. The van der Waals surface area contributed by atoms with Crippen LogP contribution in [0.2, 0.25) is 0 Å². The van der Waals surface area contributed by atoms with E-state index >= 15 is 0 Å². The summed E-state index contributed by atoms with van der Waals surface area (Å²) >= 11 is 0. The van der Waals surface area contributed by atoms with Gasteiger partial charge >= 0.3 is 0 Å². The molecule has 0 aromatic heterocycles. The number of nitrogens with zero attached hydrogens (tertiary/aromatic N) is 1. The molecule has 0 spiro atoms. The van der Waals surface area contributed by atoms with E-state index in [9.17, 15) is 0 Å². The summed E-state index contributed by atoms with van der Waals surface area (Å²) in [4.78, 5) is 2.00. The van der Waals surface area contributed by atoms with Gasteiger partial charge in [-0.1, -0.05) is 30.3 Å². The van der Waals surface area contributed by atoms with Crippen molar-refractivity contribution in [2.75, 3.05) is 27.7 Å². The average Bonchev–Trinajstić information content (AvgIpc) is 2.71. The summed E-state index contributed by atoms with van der Waals surface area (Å²) in [5, 5.41) is 0. The molecule has 0 aliphatic carbocycles. The minimum Gasteiger partial charge on any atom is -0.374 e. The van der Waals surface area contributed by atoms with Gasteiger partial charge in [0.25, 0.3) is 0 Å². The van der Waals surface area contributed by atoms with E-state index in [1.165, 1.54) is 18.4 Å². The van der Waals surface area contributed by atoms with Gasteiger partial charge in [-0.05, 0) is 39.5 Å². The topological polar surface area (TPSA) is 12.5 Å². The van der Waals surface area contributed by atoms with Gasteiger partial charge in [0, 0.05) is 6.61 Å². The maximum absolute atomic E-state index is 5.54. The van der Waals surface area contributed by atoms with Gasteiger partial charge in [-0.3, -0.25) is 0 Å². The predicted octanol–water partition coefficient (Wildman–Crippen LogP) is 2.72. The van der Waals surface area contributed by atoms with Crippen LogP contribution in [0.25, 0.3) is 0 Å². The summed E-state index contributed by atoms with van der Waals surface area (Å²) in [6.07, 6.45) is 2.76. The number of rotatable bonds is 1. The van der Waals surface area contributed by atoms with Crippen LogP contribution in [0.3, 0.4) is 0 Å².